The Morgan fingerprint density at radius 1 is 1.36 bits per heavy atom. The molecule has 1 rings (SSSR count). The number of rotatable bonds is 1. The summed E-state index contributed by atoms with van der Waals surface area (Å²) in [6.45, 7) is 5.46. The standard InChI is InChI=1S/C7H6Cl2N2/c1-4(2)7-10-5(8)3-6(9)11-7/h3H,1H2,2H3. The van der Waals surface area contributed by atoms with Crippen LogP contribution in [0.5, 0.6) is 0 Å². The van der Waals surface area contributed by atoms with Crippen molar-refractivity contribution in [3.63, 3.8) is 0 Å². The van der Waals surface area contributed by atoms with Crippen LogP contribution in [0.3, 0.4) is 0 Å². The van der Waals surface area contributed by atoms with Gasteiger partial charge in [0.1, 0.15) is 10.3 Å². The molecule has 0 saturated carbocycles. The molecule has 0 N–H and O–H groups in total. The van der Waals surface area contributed by atoms with E-state index in [-0.39, 0.29) is 0 Å². The number of allylic oxidation sites excluding steroid dienone is 1. The third-order valence-electron chi connectivity index (χ3n) is 1.05. The summed E-state index contributed by atoms with van der Waals surface area (Å²) in [6.07, 6.45) is 0. The Kier molecular flexibility index (Phi) is 2.47. The summed E-state index contributed by atoms with van der Waals surface area (Å²) in [5, 5.41) is 0.672. The maximum Gasteiger partial charge on any atom is 0.157 e. The SMILES string of the molecule is C=C(C)c1nc(Cl)cc(Cl)n1. The molecule has 4 heteroatoms. The molecule has 1 heterocycles. The van der Waals surface area contributed by atoms with Gasteiger partial charge in [0.15, 0.2) is 5.82 Å². The second-order valence-corrected chi connectivity index (χ2v) is 2.89. The molecule has 0 saturated heterocycles. The van der Waals surface area contributed by atoms with E-state index in [0.29, 0.717) is 16.1 Å². The van der Waals surface area contributed by atoms with Gasteiger partial charge in [-0.2, -0.15) is 0 Å². The van der Waals surface area contributed by atoms with Gasteiger partial charge in [0.05, 0.1) is 0 Å². The minimum Gasteiger partial charge on any atom is -0.217 e. The normalized spacial score (nSPS) is 9.73. The van der Waals surface area contributed by atoms with Crippen LogP contribution in [0, 0.1) is 0 Å². The second kappa shape index (κ2) is 3.20. The molecule has 0 aromatic carbocycles. The molecule has 0 radical (unpaired) electrons. The van der Waals surface area contributed by atoms with Gasteiger partial charge < -0.3 is 0 Å². The van der Waals surface area contributed by atoms with Crippen molar-refractivity contribution in [3.05, 3.63) is 28.8 Å². The molecule has 0 aliphatic rings. The van der Waals surface area contributed by atoms with E-state index >= 15 is 0 Å². The fourth-order valence-corrected chi connectivity index (χ4v) is 1.00. The van der Waals surface area contributed by atoms with Gasteiger partial charge in [0, 0.05) is 6.07 Å². The van der Waals surface area contributed by atoms with Crippen molar-refractivity contribution in [1.82, 2.24) is 9.97 Å². The first kappa shape index (κ1) is 8.50. The third kappa shape index (κ3) is 2.17. The molecule has 1 aromatic rings. The highest BCUT2D eigenvalue weighted by atomic mass is 35.5. The van der Waals surface area contributed by atoms with Crippen LogP contribution in [-0.2, 0) is 0 Å². The van der Waals surface area contributed by atoms with E-state index in [1.165, 1.54) is 6.07 Å². The molecule has 0 bridgehead atoms. The summed E-state index contributed by atoms with van der Waals surface area (Å²) < 4.78 is 0. The summed E-state index contributed by atoms with van der Waals surface area (Å²) in [5.74, 6) is 0.488. The van der Waals surface area contributed by atoms with Gasteiger partial charge in [-0.1, -0.05) is 29.8 Å². The first-order valence-electron chi connectivity index (χ1n) is 2.95. The van der Waals surface area contributed by atoms with Gasteiger partial charge in [-0.05, 0) is 12.5 Å². The monoisotopic (exact) mass is 188 g/mol. The van der Waals surface area contributed by atoms with Crippen molar-refractivity contribution in [3.8, 4) is 0 Å². The van der Waals surface area contributed by atoms with Gasteiger partial charge >= 0.3 is 0 Å². The molecular formula is C7H6Cl2N2. The largest absolute Gasteiger partial charge is 0.217 e. The smallest absolute Gasteiger partial charge is 0.157 e. The van der Waals surface area contributed by atoms with Gasteiger partial charge in [-0.15, -0.1) is 0 Å². The molecule has 58 valence electrons. The lowest BCUT2D eigenvalue weighted by Gasteiger charge is -1.98. The Bertz CT molecular complexity index is 276. The highest BCUT2D eigenvalue weighted by Crippen LogP contribution is 2.14. The van der Waals surface area contributed by atoms with Crippen LogP contribution in [-0.4, -0.2) is 9.97 Å². The van der Waals surface area contributed by atoms with E-state index in [0.717, 1.165) is 5.57 Å². The van der Waals surface area contributed by atoms with Crippen LogP contribution in [0.1, 0.15) is 12.7 Å². The minimum absolute atomic E-state index is 0.336. The average Bonchev–Trinajstić information content (AvgIpc) is 1.85. The Hall–Kier alpha value is -0.600. The van der Waals surface area contributed by atoms with Crippen LogP contribution < -0.4 is 0 Å². The highest BCUT2D eigenvalue weighted by Gasteiger charge is 2.00. The van der Waals surface area contributed by atoms with E-state index in [2.05, 4.69) is 16.5 Å². The lowest BCUT2D eigenvalue weighted by Crippen LogP contribution is -1.91. The quantitative estimate of drug-likeness (QED) is 0.634. The Labute approximate surface area is 74.9 Å². The lowest BCUT2D eigenvalue weighted by molar-refractivity contribution is 1.11. The van der Waals surface area contributed by atoms with Crippen molar-refractivity contribution in [2.24, 2.45) is 0 Å². The maximum absolute atomic E-state index is 5.62. The summed E-state index contributed by atoms with van der Waals surface area (Å²) in [7, 11) is 0. The minimum atomic E-state index is 0.336. The molecule has 0 unspecified atom stereocenters. The van der Waals surface area contributed by atoms with E-state index in [1.54, 1.807) is 6.92 Å². The van der Waals surface area contributed by atoms with E-state index < -0.39 is 0 Å². The summed E-state index contributed by atoms with van der Waals surface area (Å²) >= 11 is 11.2. The molecule has 0 atom stereocenters. The van der Waals surface area contributed by atoms with Crippen LogP contribution in [0.4, 0.5) is 0 Å². The van der Waals surface area contributed by atoms with Crippen molar-refractivity contribution >= 4 is 28.8 Å². The van der Waals surface area contributed by atoms with E-state index in [9.17, 15) is 0 Å². The van der Waals surface area contributed by atoms with Crippen molar-refractivity contribution in [2.75, 3.05) is 0 Å². The van der Waals surface area contributed by atoms with Crippen molar-refractivity contribution < 1.29 is 0 Å². The highest BCUT2D eigenvalue weighted by molar-refractivity contribution is 6.33. The van der Waals surface area contributed by atoms with Crippen LogP contribution in [0.2, 0.25) is 10.3 Å². The lowest BCUT2D eigenvalue weighted by atomic mass is 10.3. The molecule has 2 nitrogen and oxygen atoms in total. The second-order valence-electron chi connectivity index (χ2n) is 2.12. The molecule has 11 heavy (non-hydrogen) atoms. The number of halogens is 2. The predicted molar refractivity (Wildman–Crippen MR) is 46.8 cm³/mol. The van der Waals surface area contributed by atoms with Crippen LogP contribution >= 0.6 is 23.2 Å². The van der Waals surface area contributed by atoms with Crippen LogP contribution in [0.15, 0.2) is 12.6 Å². The maximum atomic E-state index is 5.62. The third-order valence-corrected chi connectivity index (χ3v) is 1.43. The Morgan fingerprint density at radius 2 is 1.82 bits per heavy atom. The van der Waals surface area contributed by atoms with E-state index in [1.807, 2.05) is 0 Å². The molecule has 0 spiro atoms. The Balaban J connectivity index is 3.19. The van der Waals surface area contributed by atoms with Crippen molar-refractivity contribution in [1.29, 1.82) is 0 Å². The molecule has 0 fully saturated rings. The fraction of sp³-hybridized carbons (Fsp3) is 0.143. The first-order valence-corrected chi connectivity index (χ1v) is 3.71. The van der Waals surface area contributed by atoms with Gasteiger partial charge in [0.25, 0.3) is 0 Å². The molecule has 0 aliphatic heterocycles. The van der Waals surface area contributed by atoms with Gasteiger partial charge in [-0.25, -0.2) is 9.97 Å². The van der Waals surface area contributed by atoms with Gasteiger partial charge in [0.2, 0.25) is 0 Å². The summed E-state index contributed by atoms with van der Waals surface area (Å²) in [5.41, 5.74) is 0.745. The summed E-state index contributed by atoms with van der Waals surface area (Å²) in [4.78, 5) is 7.81. The molecule has 0 aliphatic carbocycles. The number of hydrogen-bond acceptors (Lipinski definition) is 2. The number of aromatic nitrogens is 2. The zero-order valence-corrected chi connectivity index (χ0v) is 7.45. The number of hydrogen-bond donors (Lipinski definition) is 0. The zero-order chi connectivity index (χ0) is 8.43. The zero-order valence-electron chi connectivity index (χ0n) is 5.93. The van der Waals surface area contributed by atoms with Crippen LogP contribution in [0.25, 0.3) is 5.57 Å². The van der Waals surface area contributed by atoms with E-state index in [4.69, 9.17) is 23.2 Å². The average molecular weight is 189 g/mol. The first-order chi connectivity index (χ1) is 5.09. The van der Waals surface area contributed by atoms with Gasteiger partial charge in [-0.3, -0.25) is 0 Å². The Morgan fingerprint density at radius 3 is 2.18 bits per heavy atom. The molecule has 0 amide bonds. The molecule has 1 aromatic heterocycles. The van der Waals surface area contributed by atoms with Crippen molar-refractivity contribution in [2.45, 2.75) is 6.92 Å². The molecular weight excluding hydrogens is 183 g/mol. The summed E-state index contributed by atoms with van der Waals surface area (Å²) in [6, 6.07) is 1.48. The fourth-order valence-electron chi connectivity index (χ4n) is 0.581. The topological polar surface area (TPSA) is 25.8 Å². The predicted octanol–water partition coefficient (Wildman–Crippen LogP) is 2.82. The number of nitrogens with zero attached hydrogens (tertiary/aromatic N) is 2.